The van der Waals surface area contributed by atoms with Crippen molar-refractivity contribution in [3.05, 3.63) is 59.2 Å². The van der Waals surface area contributed by atoms with Gasteiger partial charge in [0.1, 0.15) is 5.75 Å². The number of nitrogens with zero attached hydrogens (tertiary/aromatic N) is 1. The molecule has 1 unspecified atom stereocenters. The lowest BCUT2D eigenvalue weighted by Crippen LogP contribution is -2.35. The highest BCUT2D eigenvalue weighted by atomic mass is 16.5. The average molecular weight is 337 g/mol. The second kappa shape index (κ2) is 7.09. The van der Waals surface area contributed by atoms with Crippen molar-refractivity contribution in [2.45, 2.75) is 39.2 Å². The van der Waals surface area contributed by atoms with Gasteiger partial charge in [-0.1, -0.05) is 29.8 Å². The van der Waals surface area contributed by atoms with Crippen LogP contribution in [0, 0.1) is 6.92 Å². The molecule has 1 amide bonds. The quantitative estimate of drug-likeness (QED) is 0.776. The number of ketones is 1. The van der Waals surface area contributed by atoms with E-state index < -0.39 is 0 Å². The molecule has 1 heterocycles. The number of carbonyl (C=O) groups is 2. The molecule has 4 nitrogen and oxygen atoms in total. The van der Waals surface area contributed by atoms with Gasteiger partial charge in [-0.2, -0.15) is 0 Å². The fourth-order valence-corrected chi connectivity index (χ4v) is 3.46. The van der Waals surface area contributed by atoms with Crippen LogP contribution in [0.25, 0.3) is 0 Å². The first-order chi connectivity index (χ1) is 12.0. The van der Waals surface area contributed by atoms with Gasteiger partial charge in [0.15, 0.2) is 5.78 Å². The van der Waals surface area contributed by atoms with E-state index in [0.717, 1.165) is 17.7 Å². The molecule has 0 saturated heterocycles. The topological polar surface area (TPSA) is 46.6 Å². The maximum atomic E-state index is 12.7. The molecule has 0 spiro atoms. The van der Waals surface area contributed by atoms with Crippen LogP contribution in [0.2, 0.25) is 0 Å². The summed E-state index contributed by atoms with van der Waals surface area (Å²) >= 11 is 0. The van der Waals surface area contributed by atoms with Gasteiger partial charge in [-0.15, -0.1) is 0 Å². The summed E-state index contributed by atoms with van der Waals surface area (Å²) in [6, 6.07) is 13.6. The molecule has 25 heavy (non-hydrogen) atoms. The van der Waals surface area contributed by atoms with Gasteiger partial charge in [0.05, 0.1) is 12.7 Å². The summed E-state index contributed by atoms with van der Waals surface area (Å²) in [6.07, 6.45) is 1.25. The number of hydrogen-bond donors (Lipinski definition) is 0. The van der Waals surface area contributed by atoms with Crippen LogP contribution in [-0.4, -0.2) is 24.8 Å². The van der Waals surface area contributed by atoms with E-state index in [0.29, 0.717) is 11.3 Å². The molecule has 0 aromatic heterocycles. The smallest absolute Gasteiger partial charge is 0.227 e. The highest BCUT2D eigenvalue weighted by Gasteiger charge is 2.30. The lowest BCUT2D eigenvalue weighted by atomic mass is 10.0. The minimum atomic E-state index is -0.0611. The van der Waals surface area contributed by atoms with E-state index in [1.807, 2.05) is 49.1 Å². The van der Waals surface area contributed by atoms with Crippen molar-refractivity contribution in [3.63, 3.8) is 0 Å². The number of carbonyl (C=O) groups excluding carboxylic acids is 2. The SMILES string of the molecule is COc1ccc(C)cc1C(=O)CCC(=O)N1c2ccccc2CC1C. The van der Waals surface area contributed by atoms with Crippen molar-refractivity contribution >= 4 is 17.4 Å². The minimum Gasteiger partial charge on any atom is -0.496 e. The first kappa shape index (κ1) is 17.2. The molecule has 0 bridgehead atoms. The van der Waals surface area contributed by atoms with Crippen molar-refractivity contribution in [1.29, 1.82) is 0 Å². The number of anilines is 1. The highest BCUT2D eigenvalue weighted by molar-refractivity contribution is 6.03. The van der Waals surface area contributed by atoms with E-state index in [2.05, 4.69) is 6.07 Å². The molecule has 4 heteroatoms. The second-order valence-corrected chi connectivity index (χ2v) is 6.57. The lowest BCUT2D eigenvalue weighted by Gasteiger charge is -2.22. The van der Waals surface area contributed by atoms with Gasteiger partial charge in [-0.25, -0.2) is 0 Å². The summed E-state index contributed by atoms with van der Waals surface area (Å²) in [5.74, 6) is 0.495. The number of aryl methyl sites for hydroxylation is 1. The Morgan fingerprint density at radius 3 is 2.68 bits per heavy atom. The van der Waals surface area contributed by atoms with Gasteiger partial charge < -0.3 is 9.64 Å². The van der Waals surface area contributed by atoms with E-state index in [4.69, 9.17) is 4.74 Å². The maximum absolute atomic E-state index is 12.7. The molecule has 1 aliphatic heterocycles. The number of para-hydroxylation sites is 1. The monoisotopic (exact) mass is 337 g/mol. The van der Waals surface area contributed by atoms with Crippen LogP contribution in [-0.2, 0) is 11.2 Å². The van der Waals surface area contributed by atoms with Gasteiger partial charge in [-0.3, -0.25) is 9.59 Å². The molecule has 2 aromatic rings. The number of benzene rings is 2. The number of ether oxygens (including phenoxy) is 1. The third-order valence-electron chi connectivity index (χ3n) is 4.70. The third kappa shape index (κ3) is 3.43. The fourth-order valence-electron chi connectivity index (χ4n) is 3.46. The summed E-state index contributed by atoms with van der Waals surface area (Å²) in [4.78, 5) is 27.1. The van der Waals surface area contributed by atoms with Crippen LogP contribution in [0.1, 0.15) is 41.3 Å². The minimum absolute atomic E-state index is 0.00239. The molecule has 0 aliphatic carbocycles. The highest BCUT2D eigenvalue weighted by Crippen LogP contribution is 2.32. The summed E-state index contributed by atoms with van der Waals surface area (Å²) in [5.41, 5.74) is 3.71. The standard InChI is InChI=1S/C21H23NO3/c1-14-8-10-20(25-3)17(12-14)19(23)9-11-21(24)22-15(2)13-16-6-4-5-7-18(16)22/h4-8,10,12,15H,9,11,13H2,1-3H3. The number of hydrogen-bond acceptors (Lipinski definition) is 3. The molecular formula is C21H23NO3. The summed E-state index contributed by atoms with van der Waals surface area (Å²) in [5, 5.41) is 0. The predicted molar refractivity (Wildman–Crippen MR) is 98.4 cm³/mol. The molecule has 0 saturated carbocycles. The normalized spacial score (nSPS) is 15.8. The molecule has 2 aromatic carbocycles. The van der Waals surface area contributed by atoms with E-state index in [1.165, 1.54) is 5.56 Å². The van der Waals surface area contributed by atoms with E-state index in [9.17, 15) is 9.59 Å². The van der Waals surface area contributed by atoms with Crippen LogP contribution in [0.4, 0.5) is 5.69 Å². The zero-order chi connectivity index (χ0) is 18.0. The summed E-state index contributed by atoms with van der Waals surface area (Å²) in [6.45, 7) is 3.98. The third-order valence-corrected chi connectivity index (χ3v) is 4.70. The first-order valence-corrected chi connectivity index (χ1v) is 8.59. The number of fused-ring (bicyclic) bond motifs is 1. The number of rotatable bonds is 5. The molecule has 1 aliphatic rings. The van der Waals surface area contributed by atoms with Crippen LogP contribution in [0.3, 0.4) is 0 Å². The Balaban J connectivity index is 1.71. The predicted octanol–water partition coefficient (Wildman–Crippen LogP) is 3.94. The van der Waals surface area contributed by atoms with E-state index in [1.54, 1.807) is 13.2 Å². The largest absolute Gasteiger partial charge is 0.496 e. The van der Waals surface area contributed by atoms with Crippen molar-refractivity contribution in [1.82, 2.24) is 0 Å². The molecule has 130 valence electrons. The zero-order valence-electron chi connectivity index (χ0n) is 14.9. The Morgan fingerprint density at radius 2 is 1.92 bits per heavy atom. The van der Waals surface area contributed by atoms with Crippen LogP contribution >= 0.6 is 0 Å². The van der Waals surface area contributed by atoms with Crippen LogP contribution in [0.5, 0.6) is 5.75 Å². The van der Waals surface area contributed by atoms with Gasteiger partial charge in [0.2, 0.25) is 5.91 Å². The van der Waals surface area contributed by atoms with Crippen molar-refractivity contribution in [3.8, 4) is 5.75 Å². The second-order valence-electron chi connectivity index (χ2n) is 6.57. The van der Waals surface area contributed by atoms with Gasteiger partial charge >= 0.3 is 0 Å². The van der Waals surface area contributed by atoms with E-state index in [-0.39, 0.29) is 30.6 Å². The molecule has 0 fully saturated rings. The molecule has 3 rings (SSSR count). The number of methoxy groups -OCH3 is 1. The fraction of sp³-hybridized carbons (Fsp3) is 0.333. The first-order valence-electron chi connectivity index (χ1n) is 8.59. The van der Waals surface area contributed by atoms with Crippen LogP contribution < -0.4 is 9.64 Å². The Kier molecular flexibility index (Phi) is 4.88. The van der Waals surface area contributed by atoms with Gasteiger partial charge in [0, 0.05) is 24.6 Å². The molecular weight excluding hydrogens is 314 g/mol. The Labute approximate surface area is 148 Å². The summed E-state index contributed by atoms with van der Waals surface area (Å²) in [7, 11) is 1.55. The lowest BCUT2D eigenvalue weighted by molar-refractivity contribution is -0.118. The zero-order valence-corrected chi connectivity index (χ0v) is 14.9. The van der Waals surface area contributed by atoms with E-state index >= 15 is 0 Å². The van der Waals surface area contributed by atoms with Gasteiger partial charge in [0.25, 0.3) is 0 Å². The van der Waals surface area contributed by atoms with Crippen molar-refractivity contribution in [2.75, 3.05) is 12.0 Å². The van der Waals surface area contributed by atoms with Crippen LogP contribution in [0.15, 0.2) is 42.5 Å². The maximum Gasteiger partial charge on any atom is 0.227 e. The molecule has 0 radical (unpaired) electrons. The Bertz CT molecular complexity index is 813. The average Bonchev–Trinajstić information content (AvgIpc) is 2.95. The Hall–Kier alpha value is -2.62. The Morgan fingerprint density at radius 1 is 1.16 bits per heavy atom. The number of Topliss-reactive ketones (excluding diaryl/α,β-unsaturated/α-hetero) is 1. The number of amides is 1. The van der Waals surface area contributed by atoms with Crippen molar-refractivity contribution in [2.24, 2.45) is 0 Å². The molecule has 0 N–H and O–H groups in total. The molecule has 1 atom stereocenters. The summed E-state index contributed by atoms with van der Waals surface area (Å²) < 4.78 is 5.28. The van der Waals surface area contributed by atoms with Gasteiger partial charge in [-0.05, 0) is 44.0 Å². The van der Waals surface area contributed by atoms with Crippen molar-refractivity contribution < 1.29 is 14.3 Å².